The second-order valence-corrected chi connectivity index (χ2v) is 8.38. The first-order valence-corrected chi connectivity index (χ1v) is 9.69. The van der Waals surface area contributed by atoms with Crippen LogP contribution in [0.3, 0.4) is 0 Å². The van der Waals surface area contributed by atoms with Crippen molar-refractivity contribution >= 4 is 29.3 Å². The summed E-state index contributed by atoms with van der Waals surface area (Å²) < 4.78 is 5.48. The van der Waals surface area contributed by atoms with E-state index in [0.29, 0.717) is 23.6 Å². The average molecular weight is 426 g/mol. The van der Waals surface area contributed by atoms with Crippen LogP contribution in [0.15, 0.2) is 42.5 Å². The molecule has 0 fully saturated rings. The minimum Gasteiger partial charge on any atom is -0.506 e. The Morgan fingerprint density at radius 2 is 1.89 bits per heavy atom. The van der Waals surface area contributed by atoms with Gasteiger partial charge in [0.2, 0.25) is 0 Å². The number of ether oxygens (including phenoxy) is 1. The summed E-state index contributed by atoms with van der Waals surface area (Å²) >= 11 is 11.9. The first kappa shape index (κ1) is 22.3. The van der Waals surface area contributed by atoms with Gasteiger partial charge >= 0.3 is 6.09 Å². The zero-order chi connectivity index (χ0) is 20.9. The van der Waals surface area contributed by atoms with Crippen LogP contribution in [0.25, 0.3) is 0 Å². The maximum absolute atomic E-state index is 12.6. The number of aliphatic hydroxyl groups is 1. The Morgan fingerprint density at radius 1 is 1.18 bits per heavy atom. The number of carbonyl (C=O) groups excluding carboxylic acids is 1. The van der Waals surface area contributed by atoms with Gasteiger partial charge in [-0.3, -0.25) is 0 Å². The van der Waals surface area contributed by atoms with E-state index in [4.69, 9.17) is 27.9 Å². The molecular weight excluding hydrogens is 401 g/mol. The molecule has 0 saturated heterocycles. The standard InChI is InChI=1S/C21H25Cl2NO4/c1-21(2,3)28-20(27)24(10-9-14-7-8-18(25)17(23)11-14)13-19(26)15-5-4-6-16(22)12-15/h4-8,11-12,19,25-26H,9-10,13H2,1-3H3/t19-/m0/s1. The highest BCUT2D eigenvalue weighted by Gasteiger charge is 2.24. The van der Waals surface area contributed by atoms with Gasteiger partial charge in [-0.15, -0.1) is 0 Å². The van der Waals surface area contributed by atoms with E-state index < -0.39 is 17.8 Å². The zero-order valence-electron chi connectivity index (χ0n) is 16.2. The summed E-state index contributed by atoms with van der Waals surface area (Å²) in [5, 5.41) is 20.9. The molecule has 152 valence electrons. The molecule has 0 unspecified atom stereocenters. The minimum atomic E-state index is -0.908. The van der Waals surface area contributed by atoms with Crippen LogP contribution in [0, 0.1) is 0 Å². The molecule has 0 aliphatic carbocycles. The Bertz CT molecular complexity index is 820. The number of hydrogen-bond donors (Lipinski definition) is 2. The van der Waals surface area contributed by atoms with Crippen molar-refractivity contribution in [3.8, 4) is 5.75 Å². The maximum atomic E-state index is 12.6. The lowest BCUT2D eigenvalue weighted by molar-refractivity contribution is 0.0147. The highest BCUT2D eigenvalue weighted by Crippen LogP contribution is 2.24. The lowest BCUT2D eigenvalue weighted by atomic mass is 10.1. The van der Waals surface area contributed by atoms with Crippen molar-refractivity contribution in [2.45, 2.75) is 38.9 Å². The highest BCUT2D eigenvalue weighted by atomic mass is 35.5. The van der Waals surface area contributed by atoms with Crippen molar-refractivity contribution in [3.05, 3.63) is 63.6 Å². The quantitative estimate of drug-likeness (QED) is 0.665. The van der Waals surface area contributed by atoms with Gasteiger partial charge < -0.3 is 19.8 Å². The number of aliphatic hydroxyl groups excluding tert-OH is 1. The fraction of sp³-hybridized carbons (Fsp3) is 0.381. The molecule has 0 radical (unpaired) electrons. The lowest BCUT2D eigenvalue weighted by Gasteiger charge is -2.29. The first-order chi connectivity index (χ1) is 13.0. The molecule has 0 saturated carbocycles. The van der Waals surface area contributed by atoms with Crippen molar-refractivity contribution in [3.63, 3.8) is 0 Å². The van der Waals surface area contributed by atoms with Gasteiger partial charge in [-0.2, -0.15) is 0 Å². The van der Waals surface area contributed by atoms with Crippen LogP contribution < -0.4 is 0 Å². The third-order valence-corrected chi connectivity index (χ3v) is 4.50. The molecule has 2 aromatic rings. The summed E-state index contributed by atoms with van der Waals surface area (Å²) in [6.45, 7) is 5.73. The third kappa shape index (κ3) is 6.89. The van der Waals surface area contributed by atoms with Gasteiger partial charge in [0, 0.05) is 11.6 Å². The van der Waals surface area contributed by atoms with Gasteiger partial charge in [-0.25, -0.2) is 4.79 Å². The fourth-order valence-corrected chi connectivity index (χ4v) is 2.98. The van der Waals surface area contributed by atoms with E-state index in [-0.39, 0.29) is 17.3 Å². The van der Waals surface area contributed by atoms with Crippen molar-refractivity contribution < 1.29 is 19.7 Å². The third-order valence-electron chi connectivity index (χ3n) is 3.96. The van der Waals surface area contributed by atoms with E-state index in [9.17, 15) is 15.0 Å². The van der Waals surface area contributed by atoms with Gasteiger partial charge in [0.1, 0.15) is 11.4 Å². The molecule has 0 heterocycles. The van der Waals surface area contributed by atoms with Crippen LogP contribution in [0.5, 0.6) is 5.75 Å². The van der Waals surface area contributed by atoms with Crippen molar-refractivity contribution in [2.24, 2.45) is 0 Å². The Morgan fingerprint density at radius 3 is 2.50 bits per heavy atom. The van der Waals surface area contributed by atoms with Crippen LogP contribution in [0.2, 0.25) is 10.0 Å². The molecule has 1 amide bonds. The molecule has 0 bridgehead atoms. The molecule has 7 heteroatoms. The van der Waals surface area contributed by atoms with E-state index >= 15 is 0 Å². The summed E-state index contributed by atoms with van der Waals surface area (Å²) in [5.74, 6) is 0.00536. The number of phenols is 1. The zero-order valence-corrected chi connectivity index (χ0v) is 17.7. The van der Waals surface area contributed by atoms with Crippen LogP contribution in [-0.4, -0.2) is 39.9 Å². The summed E-state index contributed by atoms with van der Waals surface area (Å²) in [5.41, 5.74) is 0.820. The second-order valence-electron chi connectivity index (χ2n) is 7.53. The Labute approximate surface area is 175 Å². The van der Waals surface area contributed by atoms with Crippen LogP contribution in [0.4, 0.5) is 4.79 Å². The number of benzene rings is 2. The van der Waals surface area contributed by atoms with Gasteiger partial charge in [-0.05, 0) is 62.6 Å². The molecule has 1 atom stereocenters. The predicted octanol–water partition coefficient (Wildman–Crippen LogP) is 5.21. The number of hydrogen-bond acceptors (Lipinski definition) is 4. The monoisotopic (exact) mass is 425 g/mol. The van der Waals surface area contributed by atoms with Crippen molar-refractivity contribution in [1.29, 1.82) is 0 Å². The van der Waals surface area contributed by atoms with Crippen molar-refractivity contribution in [2.75, 3.05) is 13.1 Å². The minimum absolute atomic E-state index is 0.00536. The van der Waals surface area contributed by atoms with Crippen LogP contribution in [-0.2, 0) is 11.2 Å². The lowest BCUT2D eigenvalue weighted by Crippen LogP contribution is -2.40. The second kappa shape index (κ2) is 9.50. The smallest absolute Gasteiger partial charge is 0.410 e. The van der Waals surface area contributed by atoms with E-state index in [1.807, 2.05) is 0 Å². The van der Waals surface area contributed by atoms with E-state index in [1.165, 1.54) is 11.0 Å². The molecule has 0 aliphatic heterocycles. The van der Waals surface area contributed by atoms with Gasteiger partial charge in [0.25, 0.3) is 0 Å². The van der Waals surface area contributed by atoms with E-state index in [1.54, 1.807) is 57.2 Å². The molecule has 28 heavy (non-hydrogen) atoms. The molecule has 2 aromatic carbocycles. The average Bonchev–Trinajstić information content (AvgIpc) is 2.59. The summed E-state index contributed by atoms with van der Waals surface area (Å²) in [6.07, 6.45) is -0.935. The van der Waals surface area contributed by atoms with Crippen molar-refractivity contribution in [1.82, 2.24) is 4.90 Å². The number of nitrogens with zero attached hydrogens (tertiary/aromatic N) is 1. The molecule has 0 aromatic heterocycles. The van der Waals surface area contributed by atoms with E-state index in [0.717, 1.165) is 5.56 Å². The molecule has 5 nitrogen and oxygen atoms in total. The number of amides is 1. The molecule has 2 N–H and O–H groups in total. The Kier molecular flexibility index (Phi) is 7.58. The highest BCUT2D eigenvalue weighted by molar-refractivity contribution is 6.32. The van der Waals surface area contributed by atoms with Crippen LogP contribution >= 0.6 is 23.2 Å². The van der Waals surface area contributed by atoms with E-state index in [2.05, 4.69) is 0 Å². The fourth-order valence-electron chi connectivity index (χ4n) is 2.58. The molecule has 2 rings (SSSR count). The Hall–Kier alpha value is -1.95. The SMILES string of the molecule is CC(C)(C)OC(=O)N(CCc1ccc(O)c(Cl)c1)C[C@H](O)c1cccc(Cl)c1. The Balaban J connectivity index is 2.13. The normalized spacial score (nSPS) is 12.5. The number of rotatable bonds is 6. The van der Waals surface area contributed by atoms with Gasteiger partial charge in [0.15, 0.2) is 0 Å². The number of phenolic OH excluding ortho intramolecular Hbond substituents is 1. The van der Waals surface area contributed by atoms with Gasteiger partial charge in [-0.1, -0.05) is 41.4 Å². The summed E-state index contributed by atoms with van der Waals surface area (Å²) in [7, 11) is 0. The molecule has 0 aliphatic rings. The predicted molar refractivity (Wildman–Crippen MR) is 111 cm³/mol. The van der Waals surface area contributed by atoms with Crippen LogP contribution in [0.1, 0.15) is 38.0 Å². The number of aromatic hydroxyl groups is 1. The summed E-state index contributed by atoms with van der Waals surface area (Å²) in [4.78, 5) is 14.1. The topological polar surface area (TPSA) is 70.0 Å². The molecular formula is C21H25Cl2NO4. The molecule has 0 spiro atoms. The number of halogens is 2. The van der Waals surface area contributed by atoms with Gasteiger partial charge in [0.05, 0.1) is 17.7 Å². The number of carbonyl (C=O) groups is 1. The summed E-state index contributed by atoms with van der Waals surface area (Å²) in [6, 6.07) is 11.8. The largest absolute Gasteiger partial charge is 0.506 e. The first-order valence-electron chi connectivity index (χ1n) is 8.94. The maximum Gasteiger partial charge on any atom is 0.410 e.